The van der Waals surface area contributed by atoms with Crippen molar-refractivity contribution < 1.29 is 35.7 Å². The topological polar surface area (TPSA) is 86.7 Å². The predicted octanol–water partition coefficient (Wildman–Crippen LogP) is 0.422. The van der Waals surface area contributed by atoms with Crippen LogP contribution in [0.1, 0.15) is 13.3 Å². The third-order valence-electron chi connectivity index (χ3n) is 2.60. The van der Waals surface area contributed by atoms with Crippen molar-refractivity contribution in [2.75, 3.05) is 13.1 Å². The maximum Gasteiger partial charge on any atom is 0.534 e. The molecule has 0 fully saturated rings. The molecule has 10 heteroatoms. The molecule has 1 amide bonds. The molecule has 0 saturated carbocycles. The van der Waals surface area contributed by atoms with Gasteiger partial charge < -0.3 is 19.0 Å². The summed E-state index contributed by atoms with van der Waals surface area (Å²) in [5, 5.41) is 10.6. The van der Waals surface area contributed by atoms with Gasteiger partial charge in [0.05, 0.1) is 0 Å². The number of rotatable bonds is 3. The van der Waals surface area contributed by atoms with Gasteiger partial charge in [0.1, 0.15) is 11.9 Å². The van der Waals surface area contributed by atoms with Crippen molar-refractivity contribution in [2.45, 2.75) is 18.9 Å². The number of nitrogens with zero attached hydrogens (tertiary/aromatic N) is 1. The number of hydrogen-bond donors (Lipinski definition) is 0. The Morgan fingerprint density at radius 2 is 2.16 bits per heavy atom. The molecule has 0 radical (unpaired) electrons. The predicted molar refractivity (Wildman–Crippen MR) is 54.9 cm³/mol. The Kier molecular flexibility index (Phi) is 4.33. The highest BCUT2D eigenvalue weighted by atomic mass is 32.2. The first kappa shape index (κ1) is 15.6. The van der Waals surface area contributed by atoms with Crippen LogP contribution in [0.4, 0.5) is 18.0 Å². The zero-order chi connectivity index (χ0) is 14.8. The van der Waals surface area contributed by atoms with E-state index in [1.807, 2.05) is 0 Å². The smallest absolute Gasteiger partial charge is 0.530 e. The molecule has 6 nitrogen and oxygen atoms in total. The van der Waals surface area contributed by atoms with Crippen molar-refractivity contribution in [3.05, 3.63) is 11.8 Å². The second kappa shape index (κ2) is 5.27. The monoisotopic (exact) mass is 302 g/mol. The van der Waals surface area contributed by atoms with E-state index in [0.29, 0.717) is 0 Å². The lowest BCUT2D eigenvalue weighted by Gasteiger charge is -2.33. The highest BCUT2D eigenvalue weighted by Crippen LogP contribution is 2.31. The molecule has 1 atom stereocenters. The van der Waals surface area contributed by atoms with Crippen LogP contribution in [0, 0.1) is 5.92 Å². The zero-order valence-electron chi connectivity index (χ0n) is 9.81. The Bertz CT molecular complexity index is 485. The van der Waals surface area contributed by atoms with Gasteiger partial charge in [0.15, 0.2) is 0 Å². The quantitative estimate of drug-likeness (QED) is 0.557. The van der Waals surface area contributed by atoms with E-state index in [2.05, 4.69) is 4.18 Å². The van der Waals surface area contributed by atoms with Crippen LogP contribution in [0.25, 0.3) is 0 Å². The fraction of sp³-hybridized carbons (Fsp3) is 0.667. The Balaban J connectivity index is 2.92. The minimum absolute atomic E-state index is 0.169. The summed E-state index contributed by atoms with van der Waals surface area (Å²) in [4.78, 5) is 11.5. The first-order chi connectivity index (χ1) is 8.58. The molecular formula is C9H11F3NO5S-. The average Bonchev–Trinajstić information content (AvgIpc) is 2.27. The van der Waals surface area contributed by atoms with Gasteiger partial charge >= 0.3 is 15.6 Å². The summed E-state index contributed by atoms with van der Waals surface area (Å²) in [5.41, 5.74) is -5.52. The molecule has 0 aromatic rings. The van der Waals surface area contributed by atoms with Gasteiger partial charge in [-0.05, 0) is 12.5 Å². The van der Waals surface area contributed by atoms with E-state index in [1.54, 1.807) is 6.92 Å². The van der Waals surface area contributed by atoms with E-state index in [-0.39, 0.29) is 19.5 Å². The van der Waals surface area contributed by atoms with Gasteiger partial charge in [0.2, 0.25) is 0 Å². The SMILES string of the molecule is CCC1CN(C(=O)[O-])CC=C1OS(=O)(=O)C(F)(F)F. The minimum atomic E-state index is -5.73. The summed E-state index contributed by atoms with van der Waals surface area (Å²) in [6.07, 6.45) is -0.257. The van der Waals surface area contributed by atoms with E-state index in [1.165, 1.54) is 0 Å². The molecule has 1 aliphatic rings. The Morgan fingerprint density at radius 3 is 2.58 bits per heavy atom. The Morgan fingerprint density at radius 1 is 1.58 bits per heavy atom. The molecule has 0 aromatic carbocycles. The van der Waals surface area contributed by atoms with Gasteiger partial charge in [-0.15, -0.1) is 0 Å². The summed E-state index contributed by atoms with van der Waals surface area (Å²) in [6.45, 7) is 1.13. The highest BCUT2D eigenvalue weighted by molar-refractivity contribution is 7.87. The third-order valence-corrected chi connectivity index (χ3v) is 3.58. The lowest BCUT2D eigenvalue weighted by molar-refractivity contribution is -0.265. The van der Waals surface area contributed by atoms with Crippen LogP contribution < -0.4 is 5.11 Å². The first-order valence-corrected chi connectivity index (χ1v) is 6.66. The van der Waals surface area contributed by atoms with E-state index in [0.717, 1.165) is 11.0 Å². The van der Waals surface area contributed by atoms with Gasteiger partial charge in [-0.25, -0.2) is 0 Å². The number of carbonyl (C=O) groups is 1. The molecular weight excluding hydrogens is 291 g/mol. The maximum absolute atomic E-state index is 12.2. The summed E-state index contributed by atoms with van der Waals surface area (Å²) in [7, 11) is -5.73. The Labute approximate surface area is 107 Å². The average molecular weight is 302 g/mol. The molecule has 0 spiro atoms. The van der Waals surface area contributed by atoms with Gasteiger partial charge in [-0.1, -0.05) is 6.92 Å². The van der Waals surface area contributed by atoms with Crippen LogP contribution in [0.5, 0.6) is 0 Å². The van der Waals surface area contributed by atoms with Crippen molar-refractivity contribution in [1.82, 2.24) is 4.90 Å². The van der Waals surface area contributed by atoms with Crippen molar-refractivity contribution in [3.8, 4) is 0 Å². The number of amides is 1. The molecule has 19 heavy (non-hydrogen) atoms. The minimum Gasteiger partial charge on any atom is -0.530 e. The normalized spacial score (nSPS) is 20.9. The van der Waals surface area contributed by atoms with Crippen LogP contribution in [0.3, 0.4) is 0 Å². The molecule has 0 N–H and O–H groups in total. The van der Waals surface area contributed by atoms with E-state index in [4.69, 9.17) is 0 Å². The molecule has 1 heterocycles. The van der Waals surface area contributed by atoms with E-state index in [9.17, 15) is 31.5 Å². The fourth-order valence-electron chi connectivity index (χ4n) is 1.55. The van der Waals surface area contributed by atoms with Crippen molar-refractivity contribution in [1.29, 1.82) is 0 Å². The zero-order valence-corrected chi connectivity index (χ0v) is 10.6. The second-order valence-electron chi connectivity index (χ2n) is 3.87. The van der Waals surface area contributed by atoms with E-state index < -0.39 is 33.4 Å². The van der Waals surface area contributed by atoms with Crippen molar-refractivity contribution in [2.24, 2.45) is 5.92 Å². The lowest BCUT2D eigenvalue weighted by Crippen LogP contribution is -2.46. The molecule has 0 saturated heterocycles. The highest BCUT2D eigenvalue weighted by Gasteiger charge is 2.49. The molecule has 1 rings (SSSR count). The number of carbonyl (C=O) groups excluding carboxylic acids is 1. The number of hydrogen-bond acceptors (Lipinski definition) is 5. The maximum atomic E-state index is 12.2. The van der Waals surface area contributed by atoms with Crippen LogP contribution in [-0.4, -0.2) is 38.0 Å². The lowest BCUT2D eigenvalue weighted by atomic mass is 10.0. The molecule has 0 aromatic heterocycles. The van der Waals surface area contributed by atoms with Crippen molar-refractivity contribution >= 4 is 16.2 Å². The molecule has 110 valence electrons. The summed E-state index contributed by atoms with van der Waals surface area (Å²) < 4.78 is 62.3. The van der Waals surface area contributed by atoms with Crippen LogP contribution in [0.15, 0.2) is 11.8 Å². The second-order valence-corrected chi connectivity index (χ2v) is 5.40. The van der Waals surface area contributed by atoms with Crippen LogP contribution in [-0.2, 0) is 14.3 Å². The number of alkyl halides is 3. The van der Waals surface area contributed by atoms with Gasteiger partial charge in [0.25, 0.3) is 0 Å². The first-order valence-electron chi connectivity index (χ1n) is 5.25. The number of carboxylic acid groups (broad SMARTS) is 1. The molecule has 1 aliphatic heterocycles. The summed E-state index contributed by atoms with van der Waals surface area (Å²) in [6, 6.07) is 0. The number of halogens is 3. The molecule has 1 unspecified atom stereocenters. The fourth-order valence-corrected chi connectivity index (χ4v) is 2.10. The third kappa shape index (κ3) is 3.52. The van der Waals surface area contributed by atoms with Crippen LogP contribution >= 0.6 is 0 Å². The van der Waals surface area contributed by atoms with Gasteiger partial charge in [0, 0.05) is 19.0 Å². The standard InChI is InChI=1S/C9H12F3NO5S/c1-2-6-5-13(8(14)15)4-3-7(6)18-19(16,17)9(10,11)12/h3,6H,2,4-5H2,1H3,(H,14,15)/p-1. The Hall–Kier alpha value is -1.45. The molecule has 0 bridgehead atoms. The van der Waals surface area contributed by atoms with Gasteiger partial charge in [-0.3, -0.25) is 0 Å². The van der Waals surface area contributed by atoms with Gasteiger partial charge in [-0.2, -0.15) is 21.6 Å². The van der Waals surface area contributed by atoms with Crippen LogP contribution in [0.2, 0.25) is 0 Å². The summed E-state index contributed by atoms with van der Waals surface area (Å²) in [5.74, 6) is -1.15. The van der Waals surface area contributed by atoms with Crippen molar-refractivity contribution in [3.63, 3.8) is 0 Å². The summed E-state index contributed by atoms with van der Waals surface area (Å²) >= 11 is 0. The largest absolute Gasteiger partial charge is 0.534 e. The van der Waals surface area contributed by atoms with E-state index >= 15 is 0 Å². The molecule has 0 aliphatic carbocycles.